The van der Waals surface area contributed by atoms with Gasteiger partial charge in [-0.15, -0.1) is 0 Å². The summed E-state index contributed by atoms with van der Waals surface area (Å²) in [6.45, 7) is -3.36. The Morgan fingerprint density at radius 2 is 1.79 bits per heavy atom. The summed E-state index contributed by atoms with van der Waals surface area (Å²) in [5.74, 6) is -0.504. The molecule has 0 aliphatic heterocycles. The largest absolute Gasteiger partial charge is 1.00 e. The molecule has 0 amide bonds. The van der Waals surface area contributed by atoms with Gasteiger partial charge in [0.1, 0.15) is 5.82 Å². The number of hydrogen-bond donors (Lipinski definition) is 0. The number of halogens is 4. The van der Waals surface area contributed by atoms with Gasteiger partial charge in [-0.1, -0.05) is 17.9 Å². The molecule has 0 bridgehead atoms. The molecule has 0 unspecified atom stereocenters. The van der Waals surface area contributed by atoms with E-state index in [1.165, 1.54) is 13.0 Å². The minimum Gasteiger partial charge on any atom is -0.449 e. The molecule has 14 heavy (non-hydrogen) atoms. The molecule has 1 rings (SSSR count). The minimum absolute atomic E-state index is 0. The molecule has 72 valence electrons. The van der Waals surface area contributed by atoms with E-state index in [4.69, 9.17) is 0 Å². The van der Waals surface area contributed by atoms with Gasteiger partial charge in [-0.05, 0) is 24.6 Å². The normalized spacial score (nSPS) is 10.9. The van der Waals surface area contributed by atoms with E-state index in [-0.39, 0.29) is 56.9 Å². The molecule has 0 aromatic heterocycles. The predicted octanol–water partition coefficient (Wildman–Crippen LogP) is 0.0672. The van der Waals surface area contributed by atoms with Crippen molar-refractivity contribution in [3.63, 3.8) is 0 Å². The van der Waals surface area contributed by atoms with E-state index in [2.05, 4.69) is 0 Å². The summed E-state index contributed by atoms with van der Waals surface area (Å²) < 4.78 is 48.5. The second-order valence-corrected chi connectivity index (χ2v) is 2.99. The molecular weight excluding hydrogens is 222 g/mol. The summed E-state index contributed by atoms with van der Waals surface area (Å²) in [6.07, 6.45) is -0.938. The maximum atomic E-state index is 12.5. The average molecular weight is 230 g/mol. The summed E-state index contributed by atoms with van der Waals surface area (Å²) in [5.41, 5.74) is 0.494. The van der Waals surface area contributed by atoms with Crippen molar-refractivity contribution < 1.29 is 68.7 Å². The van der Waals surface area contributed by atoms with Gasteiger partial charge in [0.2, 0.25) is 0 Å². The van der Waals surface area contributed by atoms with Gasteiger partial charge in [-0.25, -0.2) is 4.39 Å². The van der Waals surface area contributed by atoms with Crippen molar-refractivity contribution >= 4 is 6.98 Å². The first-order chi connectivity index (χ1) is 5.88. The minimum atomic E-state index is -4.83. The topological polar surface area (TPSA) is 0 Å². The van der Waals surface area contributed by atoms with Crippen LogP contribution in [-0.2, 0) is 6.32 Å². The SMILES string of the molecule is Cc1cc(F)ccc1C[B-](F)(F)F.[K+]. The molecule has 1 aromatic carbocycles. The number of hydrogen-bond acceptors (Lipinski definition) is 0. The molecule has 0 spiro atoms. The molecule has 0 saturated heterocycles. The molecule has 0 atom stereocenters. The van der Waals surface area contributed by atoms with Crippen LogP contribution in [0.25, 0.3) is 0 Å². The zero-order valence-corrected chi connectivity index (χ0v) is 11.2. The predicted molar refractivity (Wildman–Crippen MR) is 43.9 cm³/mol. The quantitative estimate of drug-likeness (QED) is 0.498. The molecule has 6 heteroatoms. The molecule has 0 aliphatic rings. The third-order valence-corrected chi connectivity index (χ3v) is 1.76. The summed E-state index contributed by atoms with van der Waals surface area (Å²) >= 11 is 0. The average Bonchev–Trinajstić information content (AvgIpc) is 1.93. The van der Waals surface area contributed by atoms with Gasteiger partial charge >= 0.3 is 58.4 Å². The fourth-order valence-corrected chi connectivity index (χ4v) is 1.14. The Bertz CT molecular complexity index is 311. The van der Waals surface area contributed by atoms with Gasteiger partial charge in [-0.2, -0.15) is 0 Å². The van der Waals surface area contributed by atoms with Gasteiger partial charge in [0.15, 0.2) is 0 Å². The second-order valence-electron chi connectivity index (χ2n) is 2.99. The molecule has 0 saturated carbocycles. The summed E-state index contributed by atoms with van der Waals surface area (Å²) in [5, 5.41) is 0. The molecule has 0 nitrogen and oxygen atoms in total. The first kappa shape index (κ1) is 14.6. The first-order valence-electron chi connectivity index (χ1n) is 3.84. The molecule has 0 fully saturated rings. The van der Waals surface area contributed by atoms with Crippen molar-refractivity contribution in [2.75, 3.05) is 0 Å². The number of aryl methyl sites for hydroxylation is 1. The van der Waals surface area contributed by atoms with Crippen LogP contribution in [0.1, 0.15) is 11.1 Å². The summed E-state index contributed by atoms with van der Waals surface area (Å²) in [4.78, 5) is 0. The third kappa shape index (κ3) is 4.93. The van der Waals surface area contributed by atoms with Crippen LogP contribution < -0.4 is 51.4 Å². The van der Waals surface area contributed by atoms with Gasteiger partial charge in [-0.3, -0.25) is 0 Å². The Kier molecular flexibility index (Phi) is 5.91. The van der Waals surface area contributed by atoms with E-state index in [0.717, 1.165) is 12.1 Å². The summed E-state index contributed by atoms with van der Waals surface area (Å²) in [6, 6.07) is 3.33. The molecule has 0 heterocycles. The van der Waals surface area contributed by atoms with E-state index in [1.807, 2.05) is 0 Å². The maximum absolute atomic E-state index is 12.5. The van der Waals surface area contributed by atoms with Crippen LogP contribution in [0.2, 0.25) is 0 Å². The van der Waals surface area contributed by atoms with Crippen molar-refractivity contribution in [1.82, 2.24) is 0 Å². The van der Waals surface area contributed by atoms with Gasteiger partial charge in [0, 0.05) is 0 Å². The van der Waals surface area contributed by atoms with E-state index in [0.29, 0.717) is 5.56 Å². The van der Waals surface area contributed by atoms with Crippen molar-refractivity contribution in [3.8, 4) is 0 Å². The van der Waals surface area contributed by atoms with E-state index in [1.54, 1.807) is 0 Å². The van der Waals surface area contributed by atoms with Crippen LogP contribution in [0.4, 0.5) is 17.3 Å². The standard InChI is InChI=1S/C8H8BF4.K/c1-6-4-8(10)3-2-7(6)5-9(11,12)13;/h2-4H,5H2,1H3;/q-1;+1. The van der Waals surface area contributed by atoms with Crippen LogP contribution >= 0.6 is 0 Å². The molecular formula is C8H8BF4K. The fourth-order valence-electron chi connectivity index (χ4n) is 1.14. The smallest absolute Gasteiger partial charge is 0.449 e. The van der Waals surface area contributed by atoms with Crippen molar-refractivity contribution in [3.05, 3.63) is 35.1 Å². The molecule has 0 aliphatic carbocycles. The van der Waals surface area contributed by atoms with Crippen LogP contribution in [0, 0.1) is 12.7 Å². The molecule has 0 radical (unpaired) electrons. The second kappa shape index (κ2) is 5.65. The Morgan fingerprint density at radius 3 is 2.21 bits per heavy atom. The van der Waals surface area contributed by atoms with Gasteiger partial charge < -0.3 is 12.9 Å². The monoisotopic (exact) mass is 230 g/mol. The zero-order chi connectivity index (χ0) is 10.1. The Balaban J connectivity index is 0.00000169. The van der Waals surface area contributed by atoms with Crippen molar-refractivity contribution in [1.29, 1.82) is 0 Å². The van der Waals surface area contributed by atoms with E-state index in [9.17, 15) is 17.3 Å². The Labute approximate surface area is 123 Å². The molecule has 1 aromatic rings. The maximum Gasteiger partial charge on any atom is 1.00 e. The first-order valence-corrected chi connectivity index (χ1v) is 3.84. The third-order valence-electron chi connectivity index (χ3n) is 1.76. The molecule has 0 N–H and O–H groups in total. The van der Waals surface area contributed by atoms with Crippen molar-refractivity contribution in [2.24, 2.45) is 0 Å². The van der Waals surface area contributed by atoms with E-state index < -0.39 is 19.1 Å². The van der Waals surface area contributed by atoms with Crippen molar-refractivity contribution in [2.45, 2.75) is 13.2 Å². The fraction of sp³-hybridized carbons (Fsp3) is 0.250. The zero-order valence-electron chi connectivity index (χ0n) is 8.03. The summed E-state index contributed by atoms with van der Waals surface area (Å²) in [7, 11) is 0. The number of benzene rings is 1. The number of rotatable bonds is 2. The Hall–Kier alpha value is 0.641. The van der Waals surface area contributed by atoms with Crippen LogP contribution in [-0.4, -0.2) is 6.98 Å². The van der Waals surface area contributed by atoms with Crippen LogP contribution in [0.3, 0.4) is 0 Å². The van der Waals surface area contributed by atoms with Crippen LogP contribution in [0.5, 0.6) is 0 Å². The Morgan fingerprint density at radius 1 is 1.21 bits per heavy atom. The van der Waals surface area contributed by atoms with Crippen LogP contribution in [0.15, 0.2) is 18.2 Å². The van der Waals surface area contributed by atoms with E-state index >= 15 is 0 Å². The van der Waals surface area contributed by atoms with Gasteiger partial charge in [0.05, 0.1) is 0 Å². The van der Waals surface area contributed by atoms with Gasteiger partial charge in [0.25, 0.3) is 0 Å².